The fourth-order valence-electron chi connectivity index (χ4n) is 3.32. The van der Waals surface area contributed by atoms with Crippen molar-refractivity contribution in [2.24, 2.45) is 0 Å². The predicted octanol–water partition coefficient (Wildman–Crippen LogP) is 3.87. The van der Waals surface area contributed by atoms with Crippen LogP contribution in [-0.4, -0.2) is 54.7 Å². The summed E-state index contributed by atoms with van der Waals surface area (Å²) in [6.45, 7) is 1.44. The molecular formula is C19H20ClN3O3S3. The van der Waals surface area contributed by atoms with E-state index in [1.54, 1.807) is 22.3 Å². The standard InChI is InChI=1S/C19H20ClN3O3S3/c20-16-8-9-19(28-16)29(25,26)23-12-10-22(11-13-23)18(24)7-3-6-17-21-14-4-1-2-5-15(14)27-17/h1-2,4-5,8-9H,3,6-7,10-13H2. The lowest BCUT2D eigenvalue weighted by Crippen LogP contribution is -2.50. The Bertz CT molecular complexity index is 1080. The molecule has 29 heavy (non-hydrogen) atoms. The number of hydrogen-bond acceptors (Lipinski definition) is 6. The normalized spacial score (nSPS) is 15.8. The fourth-order valence-corrected chi connectivity index (χ4v) is 7.39. The first-order chi connectivity index (χ1) is 13.9. The van der Waals surface area contributed by atoms with Crippen LogP contribution in [0.15, 0.2) is 40.6 Å². The molecule has 1 aromatic carbocycles. The molecule has 1 fully saturated rings. The van der Waals surface area contributed by atoms with E-state index in [1.165, 1.54) is 10.4 Å². The molecule has 154 valence electrons. The van der Waals surface area contributed by atoms with Crippen molar-refractivity contribution < 1.29 is 13.2 Å². The molecule has 0 aliphatic carbocycles. The minimum absolute atomic E-state index is 0.0716. The zero-order valence-corrected chi connectivity index (χ0v) is 18.8. The Morgan fingerprint density at radius 3 is 2.52 bits per heavy atom. The highest BCUT2D eigenvalue weighted by Gasteiger charge is 2.30. The maximum atomic E-state index is 12.6. The Morgan fingerprint density at radius 1 is 1.07 bits per heavy atom. The third-order valence-corrected chi connectivity index (χ3v) is 9.55. The molecule has 0 N–H and O–H groups in total. The van der Waals surface area contributed by atoms with Crippen molar-refractivity contribution in [3.8, 4) is 0 Å². The molecule has 2 aromatic heterocycles. The maximum Gasteiger partial charge on any atom is 0.252 e. The van der Waals surface area contributed by atoms with E-state index in [1.807, 2.05) is 18.2 Å². The SMILES string of the molecule is O=C(CCCc1nc2ccccc2s1)N1CCN(S(=O)(=O)c2ccc(Cl)s2)CC1. The highest BCUT2D eigenvalue weighted by molar-refractivity contribution is 7.91. The minimum atomic E-state index is -3.53. The van der Waals surface area contributed by atoms with E-state index >= 15 is 0 Å². The van der Waals surface area contributed by atoms with Gasteiger partial charge in [0, 0.05) is 32.6 Å². The number of piperazine rings is 1. The van der Waals surface area contributed by atoms with Crippen molar-refractivity contribution in [3.05, 3.63) is 45.7 Å². The van der Waals surface area contributed by atoms with Crippen LogP contribution in [-0.2, 0) is 21.2 Å². The number of rotatable bonds is 6. The van der Waals surface area contributed by atoms with E-state index in [2.05, 4.69) is 11.1 Å². The third kappa shape index (κ3) is 4.64. The van der Waals surface area contributed by atoms with Crippen LogP contribution in [0.5, 0.6) is 0 Å². The molecule has 1 amide bonds. The Morgan fingerprint density at radius 2 is 1.83 bits per heavy atom. The monoisotopic (exact) mass is 469 g/mol. The van der Waals surface area contributed by atoms with Gasteiger partial charge in [0.2, 0.25) is 5.91 Å². The largest absolute Gasteiger partial charge is 0.340 e. The molecule has 1 aliphatic heterocycles. The second-order valence-electron chi connectivity index (χ2n) is 6.77. The molecule has 0 radical (unpaired) electrons. The van der Waals surface area contributed by atoms with Crippen LogP contribution < -0.4 is 0 Å². The summed E-state index contributed by atoms with van der Waals surface area (Å²) in [6.07, 6.45) is 1.96. The number of fused-ring (bicyclic) bond motifs is 1. The molecule has 3 aromatic rings. The Hall–Kier alpha value is -1.52. The summed E-state index contributed by atoms with van der Waals surface area (Å²) in [4.78, 5) is 18.9. The van der Waals surface area contributed by atoms with Crippen LogP contribution in [0.2, 0.25) is 4.34 Å². The second-order valence-corrected chi connectivity index (χ2v) is 11.8. The van der Waals surface area contributed by atoms with Gasteiger partial charge in [-0.05, 0) is 37.1 Å². The third-order valence-electron chi connectivity index (χ3n) is 4.85. The molecule has 10 heteroatoms. The number of aromatic nitrogens is 1. The van der Waals surface area contributed by atoms with Gasteiger partial charge in [0.05, 0.1) is 19.6 Å². The summed E-state index contributed by atoms with van der Waals surface area (Å²) in [7, 11) is -3.53. The van der Waals surface area contributed by atoms with Crippen LogP contribution in [0.3, 0.4) is 0 Å². The number of carbonyl (C=O) groups excluding carboxylic acids is 1. The smallest absolute Gasteiger partial charge is 0.252 e. The number of para-hydroxylation sites is 1. The molecule has 0 spiro atoms. The second kappa shape index (κ2) is 8.69. The molecule has 6 nitrogen and oxygen atoms in total. The molecule has 4 rings (SSSR count). The number of carbonyl (C=O) groups is 1. The first-order valence-corrected chi connectivity index (χ1v) is 12.8. The molecular weight excluding hydrogens is 450 g/mol. The number of hydrogen-bond donors (Lipinski definition) is 0. The summed E-state index contributed by atoms with van der Waals surface area (Å²) in [5, 5.41) is 1.05. The lowest BCUT2D eigenvalue weighted by atomic mass is 10.2. The van der Waals surface area contributed by atoms with E-state index in [0.717, 1.165) is 39.4 Å². The zero-order valence-electron chi connectivity index (χ0n) is 15.6. The van der Waals surface area contributed by atoms with Gasteiger partial charge in [-0.15, -0.1) is 22.7 Å². The Balaban J connectivity index is 1.26. The zero-order chi connectivity index (χ0) is 20.4. The topological polar surface area (TPSA) is 70.6 Å². The molecule has 0 unspecified atom stereocenters. The molecule has 0 bridgehead atoms. The summed E-state index contributed by atoms with van der Waals surface area (Å²) >= 11 is 8.59. The van der Waals surface area contributed by atoms with Crippen LogP contribution in [0.25, 0.3) is 10.2 Å². The van der Waals surface area contributed by atoms with Crippen molar-refractivity contribution in [1.82, 2.24) is 14.2 Å². The van der Waals surface area contributed by atoms with E-state index in [9.17, 15) is 13.2 Å². The lowest BCUT2D eigenvalue weighted by molar-refractivity contribution is -0.132. The first kappa shape index (κ1) is 20.7. The maximum absolute atomic E-state index is 12.6. The number of aryl methyl sites for hydroxylation is 1. The van der Waals surface area contributed by atoms with Gasteiger partial charge in [-0.2, -0.15) is 4.31 Å². The predicted molar refractivity (Wildman–Crippen MR) is 117 cm³/mol. The number of thiazole rings is 1. The number of halogens is 1. The van der Waals surface area contributed by atoms with E-state index in [4.69, 9.17) is 11.6 Å². The lowest BCUT2D eigenvalue weighted by Gasteiger charge is -2.33. The number of amides is 1. The van der Waals surface area contributed by atoms with Gasteiger partial charge in [-0.1, -0.05) is 23.7 Å². The Labute approximate surface area is 182 Å². The van der Waals surface area contributed by atoms with Gasteiger partial charge in [-0.25, -0.2) is 13.4 Å². The van der Waals surface area contributed by atoms with Crippen LogP contribution in [0.4, 0.5) is 0 Å². The van der Waals surface area contributed by atoms with E-state index in [0.29, 0.717) is 36.9 Å². The minimum Gasteiger partial charge on any atom is -0.340 e. The van der Waals surface area contributed by atoms with Gasteiger partial charge in [0.1, 0.15) is 4.21 Å². The molecule has 1 aliphatic rings. The summed E-state index contributed by atoms with van der Waals surface area (Å²) in [6, 6.07) is 11.1. The average Bonchev–Trinajstić information content (AvgIpc) is 3.34. The number of thiophene rings is 1. The van der Waals surface area contributed by atoms with Gasteiger partial charge in [0.15, 0.2) is 0 Å². The van der Waals surface area contributed by atoms with Crippen molar-refractivity contribution in [1.29, 1.82) is 0 Å². The van der Waals surface area contributed by atoms with Crippen molar-refractivity contribution >= 4 is 60.4 Å². The highest BCUT2D eigenvalue weighted by Crippen LogP contribution is 2.28. The van der Waals surface area contributed by atoms with Gasteiger partial charge in [0.25, 0.3) is 10.0 Å². The van der Waals surface area contributed by atoms with Gasteiger partial charge < -0.3 is 4.90 Å². The molecule has 3 heterocycles. The van der Waals surface area contributed by atoms with Crippen LogP contribution in [0, 0.1) is 0 Å². The molecule has 0 saturated carbocycles. The number of benzene rings is 1. The van der Waals surface area contributed by atoms with Crippen LogP contribution >= 0.6 is 34.3 Å². The highest BCUT2D eigenvalue weighted by atomic mass is 35.5. The molecule has 1 saturated heterocycles. The summed E-state index contributed by atoms with van der Waals surface area (Å²) < 4.78 is 28.6. The number of sulfonamides is 1. The van der Waals surface area contributed by atoms with E-state index in [-0.39, 0.29) is 10.1 Å². The van der Waals surface area contributed by atoms with Crippen LogP contribution in [0.1, 0.15) is 17.8 Å². The Kier molecular flexibility index (Phi) is 6.21. The fraction of sp³-hybridized carbons (Fsp3) is 0.368. The first-order valence-electron chi connectivity index (χ1n) is 9.31. The van der Waals surface area contributed by atoms with Crippen molar-refractivity contribution in [2.75, 3.05) is 26.2 Å². The average molecular weight is 470 g/mol. The van der Waals surface area contributed by atoms with Crippen molar-refractivity contribution in [2.45, 2.75) is 23.5 Å². The van der Waals surface area contributed by atoms with Gasteiger partial charge >= 0.3 is 0 Å². The quantitative estimate of drug-likeness (QED) is 0.549. The number of nitrogens with zero attached hydrogens (tertiary/aromatic N) is 3. The van der Waals surface area contributed by atoms with Crippen molar-refractivity contribution in [3.63, 3.8) is 0 Å². The molecule has 0 atom stereocenters. The van der Waals surface area contributed by atoms with Gasteiger partial charge in [-0.3, -0.25) is 4.79 Å². The summed E-state index contributed by atoms with van der Waals surface area (Å²) in [5.41, 5.74) is 1.00. The summed E-state index contributed by atoms with van der Waals surface area (Å²) in [5.74, 6) is 0.0716. The van der Waals surface area contributed by atoms with E-state index < -0.39 is 10.0 Å².